The number of nitrogens with zero attached hydrogens (tertiary/aromatic N) is 2. The molecule has 3 rings (SSSR count). The Kier molecular flexibility index (Phi) is 3.57. The van der Waals surface area contributed by atoms with E-state index in [1.54, 1.807) is 18.2 Å². The quantitative estimate of drug-likeness (QED) is 0.707. The minimum Gasteiger partial charge on any atom is -0.332 e. The van der Waals surface area contributed by atoms with Crippen molar-refractivity contribution in [3.05, 3.63) is 54.1 Å². The first-order valence-electron chi connectivity index (χ1n) is 6.12. The van der Waals surface area contributed by atoms with E-state index in [9.17, 15) is 4.79 Å². The van der Waals surface area contributed by atoms with E-state index in [-0.39, 0.29) is 11.0 Å². The van der Waals surface area contributed by atoms with Crippen molar-refractivity contribution in [1.82, 2.24) is 15.6 Å². The zero-order valence-electron chi connectivity index (χ0n) is 10.7. The highest BCUT2D eigenvalue weighted by Gasteiger charge is 2.10. The van der Waals surface area contributed by atoms with Crippen LogP contribution >= 0.6 is 12.2 Å². The molecule has 0 saturated carbocycles. The van der Waals surface area contributed by atoms with E-state index in [4.69, 9.17) is 12.2 Å². The van der Waals surface area contributed by atoms with E-state index >= 15 is 0 Å². The molecule has 0 atom stereocenters. The summed E-state index contributed by atoms with van der Waals surface area (Å²) in [4.78, 5) is 12.1. The summed E-state index contributed by atoms with van der Waals surface area (Å²) in [6.07, 6.45) is 0. The normalized spacial score (nSPS) is 10.3. The Morgan fingerprint density at radius 2 is 1.81 bits per heavy atom. The van der Waals surface area contributed by atoms with Crippen LogP contribution in [0.15, 0.2) is 53.2 Å². The van der Waals surface area contributed by atoms with Gasteiger partial charge in [0.1, 0.15) is 11.0 Å². The van der Waals surface area contributed by atoms with Gasteiger partial charge in [0.05, 0.1) is 0 Å². The molecule has 0 spiro atoms. The number of anilines is 1. The van der Waals surface area contributed by atoms with Gasteiger partial charge in [-0.15, -0.1) is 0 Å². The number of nitrogens with one attached hydrogen (secondary N) is 2. The highest BCUT2D eigenvalue weighted by atomic mass is 32.1. The second-order valence-corrected chi connectivity index (χ2v) is 4.65. The van der Waals surface area contributed by atoms with Crippen molar-refractivity contribution in [1.29, 1.82) is 0 Å². The molecule has 7 heteroatoms. The number of hydrogen-bond acceptors (Lipinski definition) is 5. The van der Waals surface area contributed by atoms with E-state index in [0.717, 1.165) is 5.69 Å². The second-order valence-electron chi connectivity index (χ2n) is 4.24. The molecule has 104 valence electrons. The lowest BCUT2D eigenvalue weighted by Gasteiger charge is -2.09. The molecule has 0 aliphatic carbocycles. The third kappa shape index (κ3) is 3.03. The first-order valence-corrected chi connectivity index (χ1v) is 6.53. The lowest BCUT2D eigenvalue weighted by atomic mass is 10.2. The monoisotopic (exact) mass is 298 g/mol. The maximum Gasteiger partial charge on any atom is 0.257 e. The van der Waals surface area contributed by atoms with Crippen LogP contribution in [-0.2, 0) is 0 Å². The average molecular weight is 298 g/mol. The molecule has 0 radical (unpaired) electrons. The Hall–Kier alpha value is -2.80. The van der Waals surface area contributed by atoms with Gasteiger partial charge in [0.2, 0.25) is 0 Å². The lowest BCUT2D eigenvalue weighted by molar-refractivity contribution is 0.0978. The van der Waals surface area contributed by atoms with Crippen LogP contribution < -0.4 is 10.6 Å². The van der Waals surface area contributed by atoms with Gasteiger partial charge in [0.25, 0.3) is 5.91 Å². The fourth-order valence-electron chi connectivity index (χ4n) is 1.78. The predicted molar refractivity (Wildman–Crippen MR) is 81.9 cm³/mol. The molecule has 2 aromatic carbocycles. The summed E-state index contributed by atoms with van der Waals surface area (Å²) >= 11 is 5.10. The number of carbonyl (C=O) groups is 1. The highest BCUT2D eigenvalue weighted by molar-refractivity contribution is 7.80. The smallest absolute Gasteiger partial charge is 0.257 e. The molecule has 0 bridgehead atoms. The third-order valence-corrected chi connectivity index (χ3v) is 2.98. The molecular formula is C14H10N4O2S. The van der Waals surface area contributed by atoms with Crippen molar-refractivity contribution in [2.75, 3.05) is 5.32 Å². The van der Waals surface area contributed by atoms with Gasteiger partial charge in [0.15, 0.2) is 5.11 Å². The van der Waals surface area contributed by atoms with Gasteiger partial charge in [-0.3, -0.25) is 10.1 Å². The van der Waals surface area contributed by atoms with E-state index in [2.05, 4.69) is 25.6 Å². The van der Waals surface area contributed by atoms with E-state index in [1.165, 1.54) is 0 Å². The maximum absolute atomic E-state index is 12.1. The van der Waals surface area contributed by atoms with Crippen LogP contribution in [0.5, 0.6) is 0 Å². The molecule has 0 saturated heterocycles. The van der Waals surface area contributed by atoms with E-state index in [0.29, 0.717) is 16.6 Å². The van der Waals surface area contributed by atoms with E-state index < -0.39 is 0 Å². The number of fused-ring (bicyclic) bond motifs is 1. The predicted octanol–water partition coefficient (Wildman–Crippen LogP) is 2.35. The van der Waals surface area contributed by atoms with Crippen molar-refractivity contribution in [2.45, 2.75) is 0 Å². The van der Waals surface area contributed by atoms with Gasteiger partial charge in [-0.1, -0.05) is 18.2 Å². The number of hydrogen-bond donors (Lipinski definition) is 2. The van der Waals surface area contributed by atoms with Crippen molar-refractivity contribution < 1.29 is 9.42 Å². The summed E-state index contributed by atoms with van der Waals surface area (Å²) in [5, 5.41) is 13.1. The number of aromatic nitrogens is 2. The summed E-state index contributed by atoms with van der Waals surface area (Å²) in [6, 6.07) is 14.2. The standard InChI is InChI=1S/C14H10N4O2S/c19-13(9-6-7-11-12(8-9)18-20-17-11)16-14(21)15-10-4-2-1-3-5-10/h1-8H,(H2,15,16,19,21). The zero-order valence-corrected chi connectivity index (χ0v) is 11.6. The van der Waals surface area contributed by atoms with Crippen LogP contribution in [-0.4, -0.2) is 21.3 Å². The van der Waals surface area contributed by atoms with Crippen molar-refractivity contribution in [3.8, 4) is 0 Å². The Morgan fingerprint density at radius 3 is 2.62 bits per heavy atom. The minimum absolute atomic E-state index is 0.226. The molecule has 6 nitrogen and oxygen atoms in total. The molecule has 1 amide bonds. The minimum atomic E-state index is -0.326. The third-order valence-electron chi connectivity index (χ3n) is 2.77. The summed E-state index contributed by atoms with van der Waals surface area (Å²) < 4.78 is 4.59. The van der Waals surface area contributed by atoms with Gasteiger partial charge in [-0.25, -0.2) is 4.63 Å². The molecule has 0 unspecified atom stereocenters. The van der Waals surface area contributed by atoms with E-state index in [1.807, 2.05) is 30.3 Å². The number of rotatable bonds is 2. The first kappa shape index (κ1) is 13.2. The van der Waals surface area contributed by atoms with Crippen LogP contribution in [0.2, 0.25) is 0 Å². The number of amides is 1. The van der Waals surface area contributed by atoms with Crippen molar-refractivity contribution in [2.24, 2.45) is 0 Å². The summed E-state index contributed by atoms with van der Waals surface area (Å²) in [5.74, 6) is -0.326. The Morgan fingerprint density at radius 1 is 1.05 bits per heavy atom. The fourth-order valence-corrected chi connectivity index (χ4v) is 1.99. The molecule has 0 aliphatic rings. The summed E-state index contributed by atoms with van der Waals surface area (Å²) in [6.45, 7) is 0. The van der Waals surface area contributed by atoms with Crippen LogP contribution in [0.3, 0.4) is 0 Å². The van der Waals surface area contributed by atoms with Crippen LogP contribution in [0.25, 0.3) is 11.0 Å². The van der Waals surface area contributed by atoms with Crippen molar-refractivity contribution in [3.63, 3.8) is 0 Å². The molecule has 2 N–H and O–H groups in total. The molecule has 0 aliphatic heterocycles. The molecule has 0 fully saturated rings. The lowest BCUT2D eigenvalue weighted by Crippen LogP contribution is -2.34. The molecule has 1 aromatic heterocycles. The topological polar surface area (TPSA) is 80.0 Å². The van der Waals surface area contributed by atoms with Gasteiger partial charge in [-0.05, 0) is 52.9 Å². The Bertz CT molecular complexity index is 801. The summed E-state index contributed by atoms with van der Waals surface area (Å²) in [7, 11) is 0. The van der Waals surface area contributed by atoms with Gasteiger partial charge in [0, 0.05) is 11.3 Å². The number of para-hydroxylation sites is 1. The maximum atomic E-state index is 12.1. The van der Waals surface area contributed by atoms with Crippen molar-refractivity contribution >= 4 is 40.0 Å². The van der Waals surface area contributed by atoms with Crippen LogP contribution in [0, 0.1) is 0 Å². The van der Waals surface area contributed by atoms with Gasteiger partial charge < -0.3 is 5.32 Å². The zero-order chi connectivity index (χ0) is 14.7. The Balaban J connectivity index is 1.69. The molecule has 3 aromatic rings. The number of benzene rings is 2. The Labute approximate surface area is 125 Å². The SMILES string of the molecule is O=C(NC(=S)Nc1ccccc1)c1ccc2nonc2c1. The van der Waals surface area contributed by atoms with Gasteiger partial charge >= 0.3 is 0 Å². The molecule has 21 heavy (non-hydrogen) atoms. The second kappa shape index (κ2) is 5.68. The fraction of sp³-hybridized carbons (Fsp3) is 0. The molecule has 1 heterocycles. The van der Waals surface area contributed by atoms with Crippen LogP contribution in [0.4, 0.5) is 5.69 Å². The number of carbonyl (C=O) groups excluding carboxylic acids is 1. The summed E-state index contributed by atoms with van der Waals surface area (Å²) in [5.41, 5.74) is 2.34. The largest absolute Gasteiger partial charge is 0.332 e. The highest BCUT2D eigenvalue weighted by Crippen LogP contribution is 2.11. The van der Waals surface area contributed by atoms with Gasteiger partial charge in [-0.2, -0.15) is 0 Å². The van der Waals surface area contributed by atoms with Crippen LogP contribution in [0.1, 0.15) is 10.4 Å². The number of thiocarbonyl (C=S) groups is 1. The molecular weight excluding hydrogens is 288 g/mol. The average Bonchev–Trinajstić information content (AvgIpc) is 2.95. The first-order chi connectivity index (χ1) is 10.2.